The number of hydrogen-bond acceptors (Lipinski definition) is 6. The summed E-state index contributed by atoms with van der Waals surface area (Å²) in [5, 5.41) is 0.725. The molecule has 0 spiro atoms. The van der Waals surface area contributed by atoms with E-state index in [2.05, 4.69) is 27.2 Å². The Bertz CT molecular complexity index is 295. The lowest BCUT2D eigenvalue weighted by atomic mass is 10.4. The molecule has 0 bridgehead atoms. The van der Waals surface area contributed by atoms with Crippen molar-refractivity contribution in [2.75, 3.05) is 30.2 Å². The Labute approximate surface area is 94.4 Å². The van der Waals surface area contributed by atoms with E-state index in [0.717, 1.165) is 23.9 Å². The second kappa shape index (κ2) is 5.77. The number of anilines is 2. The van der Waals surface area contributed by atoms with E-state index in [1.807, 2.05) is 19.4 Å². The molecule has 0 saturated carbocycles. The molecule has 0 aliphatic rings. The molecular formula is C9H17N5S. The molecular weight excluding hydrogens is 210 g/mol. The van der Waals surface area contributed by atoms with Crippen LogP contribution in [0.3, 0.4) is 0 Å². The van der Waals surface area contributed by atoms with Crippen molar-refractivity contribution in [2.24, 2.45) is 5.84 Å². The van der Waals surface area contributed by atoms with Crippen LogP contribution in [0.25, 0.3) is 0 Å². The van der Waals surface area contributed by atoms with Crippen LogP contribution < -0.4 is 16.2 Å². The van der Waals surface area contributed by atoms with Crippen molar-refractivity contribution in [3.8, 4) is 0 Å². The number of hydrogen-bond donors (Lipinski definition) is 2. The highest BCUT2D eigenvalue weighted by Gasteiger charge is 2.06. The van der Waals surface area contributed by atoms with Crippen LogP contribution in [0.1, 0.15) is 13.3 Å². The standard InChI is InChI=1S/C9H17N5S/c1-4-5-14(2)8-6-7(13-10)11-9(12-8)15-3/h6H,4-5,10H2,1-3H3,(H,11,12,13). The predicted molar refractivity (Wildman–Crippen MR) is 65.2 cm³/mol. The average Bonchev–Trinajstić information content (AvgIpc) is 2.28. The number of aromatic nitrogens is 2. The third-order valence-corrected chi connectivity index (χ3v) is 2.52. The SMILES string of the molecule is CCCN(C)c1cc(NN)nc(SC)n1. The van der Waals surface area contributed by atoms with Crippen molar-refractivity contribution in [1.29, 1.82) is 0 Å². The number of hydrazine groups is 1. The predicted octanol–water partition coefficient (Wildman–Crippen LogP) is 1.33. The molecule has 0 fully saturated rings. The summed E-state index contributed by atoms with van der Waals surface area (Å²) in [7, 11) is 2.01. The van der Waals surface area contributed by atoms with Crippen molar-refractivity contribution in [3.05, 3.63) is 6.07 Å². The first kappa shape index (κ1) is 12.1. The van der Waals surface area contributed by atoms with Crippen LogP contribution in [0.5, 0.6) is 0 Å². The normalized spacial score (nSPS) is 10.1. The number of nitrogens with two attached hydrogens (primary N) is 1. The van der Waals surface area contributed by atoms with Gasteiger partial charge in [-0.3, -0.25) is 0 Å². The molecule has 0 unspecified atom stereocenters. The molecule has 1 aromatic rings. The third kappa shape index (κ3) is 3.24. The van der Waals surface area contributed by atoms with Gasteiger partial charge in [-0.25, -0.2) is 15.8 Å². The van der Waals surface area contributed by atoms with Crippen molar-refractivity contribution < 1.29 is 0 Å². The summed E-state index contributed by atoms with van der Waals surface area (Å²) in [5.41, 5.74) is 2.55. The first-order chi connectivity index (χ1) is 7.21. The van der Waals surface area contributed by atoms with Crippen LogP contribution in [-0.4, -0.2) is 29.8 Å². The number of thioether (sulfide) groups is 1. The molecule has 6 heteroatoms. The molecule has 1 heterocycles. The Morgan fingerprint density at radius 2 is 2.27 bits per heavy atom. The largest absolute Gasteiger partial charge is 0.359 e. The Balaban J connectivity index is 2.95. The van der Waals surface area contributed by atoms with Crippen molar-refractivity contribution in [3.63, 3.8) is 0 Å². The molecule has 0 radical (unpaired) electrons. The molecule has 3 N–H and O–H groups in total. The van der Waals surface area contributed by atoms with Crippen LogP contribution in [0.15, 0.2) is 11.2 Å². The van der Waals surface area contributed by atoms with Gasteiger partial charge < -0.3 is 10.3 Å². The monoisotopic (exact) mass is 227 g/mol. The minimum atomic E-state index is 0.646. The number of nitrogen functional groups attached to an aromatic ring is 1. The zero-order chi connectivity index (χ0) is 11.3. The molecule has 0 amide bonds. The first-order valence-corrected chi connectivity index (χ1v) is 6.04. The van der Waals surface area contributed by atoms with Crippen molar-refractivity contribution >= 4 is 23.4 Å². The lowest BCUT2D eigenvalue weighted by Gasteiger charge is -2.18. The maximum Gasteiger partial charge on any atom is 0.191 e. The van der Waals surface area contributed by atoms with Crippen molar-refractivity contribution in [2.45, 2.75) is 18.5 Å². The summed E-state index contributed by atoms with van der Waals surface area (Å²) in [6, 6.07) is 1.84. The fourth-order valence-corrected chi connectivity index (χ4v) is 1.60. The first-order valence-electron chi connectivity index (χ1n) is 4.82. The highest BCUT2D eigenvalue weighted by Crippen LogP contribution is 2.18. The minimum absolute atomic E-state index is 0.646. The maximum absolute atomic E-state index is 5.35. The highest BCUT2D eigenvalue weighted by atomic mass is 32.2. The molecule has 0 aliphatic heterocycles. The van der Waals surface area contributed by atoms with E-state index in [4.69, 9.17) is 5.84 Å². The Hall–Kier alpha value is -1.01. The highest BCUT2D eigenvalue weighted by molar-refractivity contribution is 7.98. The summed E-state index contributed by atoms with van der Waals surface area (Å²) in [5.74, 6) is 6.89. The van der Waals surface area contributed by atoms with Gasteiger partial charge in [-0.05, 0) is 12.7 Å². The second-order valence-corrected chi connectivity index (χ2v) is 3.94. The van der Waals surface area contributed by atoms with Gasteiger partial charge in [-0.1, -0.05) is 18.7 Å². The number of nitrogens with zero attached hydrogens (tertiary/aromatic N) is 3. The van der Waals surface area contributed by atoms with Gasteiger partial charge in [0.25, 0.3) is 0 Å². The van der Waals surface area contributed by atoms with Gasteiger partial charge in [0.05, 0.1) is 0 Å². The van der Waals surface area contributed by atoms with Gasteiger partial charge in [0.1, 0.15) is 11.6 Å². The van der Waals surface area contributed by atoms with Crippen LogP contribution in [-0.2, 0) is 0 Å². The zero-order valence-electron chi connectivity index (χ0n) is 9.32. The fraction of sp³-hybridized carbons (Fsp3) is 0.556. The summed E-state index contributed by atoms with van der Waals surface area (Å²) in [6.07, 6.45) is 3.03. The summed E-state index contributed by atoms with van der Waals surface area (Å²) < 4.78 is 0. The maximum atomic E-state index is 5.35. The van der Waals surface area contributed by atoms with Gasteiger partial charge in [-0.2, -0.15) is 0 Å². The van der Waals surface area contributed by atoms with E-state index in [1.165, 1.54) is 11.8 Å². The molecule has 0 atom stereocenters. The van der Waals surface area contributed by atoms with Crippen LogP contribution in [0.2, 0.25) is 0 Å². The molecule has 0 saturated heterocycles. The summed E-state index contributed by atoms with van der Waals surface area (Å²) in [6.45, 7) is 3.10. The van der Waals surface area contributed by atoms with E-state index >= 15 is 0 Å². The van der Waals surface area contributed by atoms with Crippen molar-refractivity contribution in [1.82, 2.24) is 9.97 Å². The molecule has 84 valence electrons. The van der Waals surface area contributed by atoms with Gasteiger partial charge >= 0.3 is 0 Å². The smallest absolute Gasteiger partial charge is 0.191 e. The zero-order valence-corrected chi connectivity index (χ0v) is 10.1. The summed E-state index contributed by atoms with van der Waals surface area (Å²) in [4.78, 5) is 10.7. The van der Waals surface area contributed by atoms with E-state index in [9.17, 15) is 0 Å². The van der Waals surface area contributed by atoms with Gasteiger partial charge in [0.2, 0.25) is 0 Å². The molecule has 0 aliphatic carbocycles. The summed E-state index contributed by atoms with van der Waals surface area (Å²) >= 11 is 1.50. The molecule has 1 aromatic heterocycles. The topological polar surface area (TPSA) is 67.1 Å². The van der Waals surface area contributed by atoms with E-state index < -0.39 is 0 Å². The van der Waals surface area contributed by atoms with Gasteiger partial charge in [0.15, 0.2) is 5.16 Å². The third-order valence-electron chi connectivity index (χ3n) is 1.97. The Morgan fingerprint density at radius 1 is 1.53 bits per heavy atom. The Morgan fingerprint density at radius 3 is 2.80 bits per heavy atom. The van der Waals surface area contributed by atoms with Crippen LogP contribution in [0.4, 0.5) is 11.6 Å². The van der Waals surface area contributed by atoms with Crippen LogP contribution >= 0.6 is 11.8 Å². The fourth-order valence-electron chi connectivity index (χ4n) is 1.22. The molecule has 15 heavy (non-hydrogen) atoms. The molecule has 1 rings (SSSR count). The molecule has 0 aromatic carbocycles. The van der Waals surface area contributed by atoms with Gasteiger partial charge in [0, 0.05) is 19.7 Å². The van der Waals surface area contributed by atoms with E-state index in [0.29, 0.717) is 5.82 Å². The van der Waals surface area contributed by atoms with Gasteiger partial charge in [-0.15, -0.1) is 0 Å². The average molecular weight is 227 g/mol. The lowest BCUT2D eigenvalue weighted by molar-refractivity contribution is 0.818. The molecule has 5 nitrogen and oxygen atoms in total. The second-order valence-electron chi connectivity index (χ2n) is 3.16. The number of rotatable bonds is 5. The van der Waals surface area contributed by atoms with E-state index in [1.54, 1.807) is 0 Å². The lowest BCUT2D eigenvalue weighted by Crippen LogP contribution is -2.20. The Kier molecular flexibility index (Phi) is 4.64. The van der Waals surface area contributed by atoms with E-state index in [-0.39, 0.29) is 0 Å². The van der Waals surface area contributed by atoms with Crippen LogP contribution in [0, 0.1) is 0 Å². The number of nitrogens with one attached hydrogen (secondary N) is 1. The minimum Gasteiger partial charge on any atom is -0.359 e. The quantitative estimate of drug-likeness (QED) is 0.342.